The first-order chi connectivity index (χ1) is 15.0. The van der Waals surface area contributed by atoms with Gasteiger partial charge in [-0.25, -0.2) is 4.79 Å². The van der Waals surface area contributed by atoms with Crippen LogP contribution in [-0.4, -0.2) is 34.9 Å². The van der Waals surface area contributed by atoms with Crippen molar-refractivity contribution in [2.24, 2.45) is 0 Å². The van der Waals surface area contributed by atoms with Gasteiger partial charge in [0.1, 0.15) is 0 Å². The molecule has 3 rings (SSSR count). The summed E-state index contributed by atoms with van der Waals surface area (Å²) in [5, 5.41) is 13.3. The van der Waals surface area contributed by atoms with Gasteiger partial charge < -0.3 is 9.64 Å². The fraction of sp³-hybridized carbons (Fsp3) is 0.217. The molecule has 0 unspecified atom stereocenters. The van der Waals surface area contributed by atoms with Crippen LogP contribution in [0.15, 0.2) is 66.0 Å². The number of amides is 1. The van der Waals surface area contributed by atoms with Gasteiger partial charge in [-0.2, -0.15) is 0 Å². The zero-order valence-corrected chi connectivity index (χ0v) is 17.8. The van der Waals surface area contributed by atoms with Gasteiger partial charge in [0, 0.05) is 29.1 Å². The van der Waals surface area contributed by atoms with Crippen molar-refractivity contribution in [1.82, 2.24) is 4.90 Å². The first-order valence-electron chi connectivity index (χ1n) is 9.80. The van der Waals surface area contributed by atoms with Crippen LogP contribution in [0.5, 0.6) is 0 Å². The van der Waals surface area contributed by atoms with Gasteiger partial charge in [-0.05, 0) is 36.4 Å². The Morgan fingerprint density at radius 1 is 1.06 bits per heavy atom. The topological polar surface area (TPSA) is 89.8 Å². The van der Waals surface area contributed by atoms with Gasteiger partial charge in [0.05, 0.1) is 23.6 Å². The molecule has 0 aliphatic heterocycles. The monoisotopic (exact) mass is 438 g/mol. The number of ether oxygens (including phenoxy) is 1. The van der Waals surface area contributed by atoms with E-state index in [1.54, 1.807) is 11.8 Å². The van der Waals surface area contributed by atoms with Gasteiger partial charge in [0.25, 0.3) is 11.6 Å². The summed E-state index contributed by atoms with van der Waals surface area (Å²) in [5.74, 6) is -1.08. The van der Waals surface area contributed by atoms with Crippen LogP contribution in [0, 0.1) is 10.1 Å². The minimum Gasteiger partial charge on any atom is -0.462 e. The highest BCUT2D eigenvalue weighted by molar-refractivity contribution is 7.09. The molecule has 0 radical (unpaired) electrons. The Balaban J connectivity index is 1.91. The van der Waals surface area contributed by atoms with Crippen molar-refractivity contribution in [2.45, 2.75) is 19.9 Å². The van der Waals surface area contributed by atoms with Crippen molar-refractivity contribution in [2.75, 3.05) is 13.2 Å². The second-order valence-corrected chi connectivity index (χ2v) is 7.82. The quantitative estimate of drug-likeness (QED) is 0.274. The molecule has 160 valence electrons. The lowest BCUT2D eigenvalue weighted by Gasteiger charge is -2.22. The van der Waals surface area contributed by atoms with Gasteiger partial charge >= 0.3 is 5.97 Å². The van der Waals surface area contributed by atoms with Crippen LogP contribution in [0.2, 0.25) is 0 Å². The van der Waals surface area contributed by atoms with E-state index in [1.165, 1.54) is 23.5 Å². The van der Waals surface area contributed by atoms with E-state index >= 15 is 0 Å². The van der Waals surface area contributed by atoms with E-state index in [-0.39, 0.29) is 29.3 Å². The number of rotatable bonds is 9. The second kappa shape index (κ2) is 10.5. The van der Waals surface area contributed by atoms with Crippen LogP contribution in [0.4, 0.5) is 5.69 Å². The van der Waals surface area contributed by atoms with E-state index in [2.05, 4.69) is 0 Å². The van der Waals surface area contributed by atoms with Crippen molar-refractivity contribution < 1.29 is 19.2 Å². The minimum atomic E-state index is -0.700. The van der Waals surface area contributed by atoms with Crippen LogP contribution >= 0.6 is 11.3 Å². The Labute approximate surface area is 184 Å². The van der Waals surface area contributed by atoms with E-state index in [1.807, 2.05) is 47.8 Å². The molecular formula is C23H22N2O5S. The van der Waals surface area contributed by atoms with E-state index < -0.39 is 10.9 Å². The molecule has 1 heterocycles. The number of esters is 1. The fourth-order valence-corrected chi connectivity index (χ4v) is 3.83. The van der Waals surface area contributed by atoms with Gasteiger partial charge in [0.2, 0.25) is 0 Å². The molecule has 1 amide bonds. The summed E-state index contributed by atoms with van der Waals surface area (Å²) in [6, 6.07) is 17.3. The Bertz CT molecular complexity index is 1050. The van der Waals surface area contributed by atoms with Crippen LogP contribution < -0.4 is 0 Å². The first-order valence-corrected chi connectivity index (χ1v) is 10.7. The van der Waals surface area contributed by atoms with E-state index in [0.717, 1.165) is 16.5 Å². The molecule has 0 N–H and O–H groups in total. The standard InChI is InChI=1S/C23H22N2O5S/c1-2-30-23(27)19-13-18(14-20(15-19)25(28)29)22(26)24(16-21-9-6-12-31-21)11-10-17-7-4-3-5-8-17/h3-9,12-15H,2,10-11,16H2,1H3. The lowest BCUT2D eigenvalue weighted by Crippen LogP contribution is -2.32. The number of carbonyl (C=O) groups is 2. The van der Waals surface area contributed by atoms with Crippen LogP contribution in [0.25, 0.3) is 0 Å². The van der Waals surface area contributed by atoms with Crippen LogP contribution in [0.1, 0.15) is 38.1 Å². The molecule has 3 aromatic rings. The summed E-state index contributed by atoms with van der Waals surface area (Å²) in [6.45, 7) is 2.58. The highest BCUT2D eigenvalue weighted by Crippen LogP contribution is 2.21. The zero-order chi connectivity index (χ0) is 22.2. The minimum absolute atomic E-state index is 0.0152. The Kier molecular flexibility index (Phi) is 7.50. The second-order valence-electron chi connectivity index (χ2n) is 6.79. The van der Waals surface area contributed by atoms with Crippen LogP contribution in [0.3, 0.4) is 0 Å². The van der Waals surface area contributed by atoms with Crippen molar-refractivity contribution in [1.29, 1.82) is 0 Å². The normalized spacial score (nSPS) is 10.5. The number of non-ortho nitro benzene ring substituents is 1. The molecule has 0 atom stereocenters. The number of nitro groups is 1. The Morgan fingerprint density at radius 2 is 1.81 bits per heavy atom. The summed E-state index contributed by atoms with van der Waals surface area (Å²) in [7, 11) is 0. The first kappa shape index (κ1) is 22.2. The van der Waals surface area contributed by atoms with E-state index in [0.29, 0.717) is 19.5 Å². The largest absolute Gasteiger partial charge is 0.462 e. The molecule has 0 aliphatic carbocycles. The van der Waals surface area contributed by atoms with Gasteiger partial charge in [0.15, 0.2) is 0 Å². The molecular weight excluding hydrogens is 416 g/mol. The third-order valence-electron chi connectivity index (χ3n) is 4.61. The lowest BCUT2D eigenvalue weighted by molar-refractivity contribution is -0.384. The van der Waals surface area contributed by atoms with Crippen molar-refractivity contribution >= 4 is 28.9 Å². The molecule has 7 nitrogen and oxygen atoms in total. The molecule has 0 aliphatic rings. The van der Waals surface area contributed by atoms with Crippen molar-refractivity contribution in [3.05, 3.63) is 97.7 Å². The number of nitrogens with zero attached hydrogens (tertiary/aromatic N) is 2. The predicted molar refractivity (Wildman–Crippen MR) is 118 cm³/mol. The highest BCUT2D eigenvalue weighted by atomic mass is 32.1. The van der Waals surface area contributed by atoms with Crippen molar-refractivity contribution in [3.8, 4) is 0 Å². The summed E-state index contributed by atoms with van der Waals surface area (Å²) in [6.07, 6.45) is 0.637. The molecule has 0 saturated carbocycles. The molecule has 0 bridgehead atoms. The molecule has 2 aromatic carbocycles. The highest BCUT2D eigenvalue weighted by Gasteiger charge is 2.22. The molecule has 1 aromatic heterocycles. The molecule has 31 heavy (non-hydrogen) atoms. The zero-order valence-electron chi connectivity index (χ0n) is 17.0. The maximum Gasteiger partial charge on any atom is 0.338 e. The summed E-state index contributed by atoms with van der Waals surface area (Å²) in [5.41, 5.74) is 0.825. The molecule has 0 saturated heterocycles. The maximum absolute atomic E-state index is 13.4. The van der Waals surface area contributed by atoms with Gasteiger partial charge in [-0.3, -0.25) is 14.9 Å². The van der Waals surface area contributed by atoms with Gasteiger partial charge in [-0.1, -0.05) is 36.4 Å². The molecule has 8 heteroatoms. The number of nitro benzene ring substituents is 1. The number of benzene rings is 2. The summed E-state index contributed by atoms with van der Waals surface area (Å²) < 4.78 is 4.96. The number of thiophene rings is 1. The predicted octanol–water partition coefficient (Wildman–Crippen LogP) is 4.72. The summed E-state index contributed by atoms with van der Waals surface area (Å²) >= 11 is 1.53. The Morgan fingerprint density at radius 3 is 2.45 bits per heavy atom. The third-order valence-corrected chi connectivity index (χ3v) is 5.48. The number of hydrogen-bond donors (Lipinski definition) is 0. The summed E-state index contributed by atoms with van der Waals surface area (Å²) in [4.78, 5) is 38.9. The van der Waals surface area contributed by atoms with Crippen molar-refractivity contribution in [3.63, 3.8) is 0 Å². The number of carbonyl (C=O) groups excluding carboxylic acids is 2. The van der Waals surface area contributed by atoms with E-state index in [4.69, 9.17) is 4.74 Å². The molecule has 0 spiro atoms. The maximum atomic E-state index is 13.4. The average molecular weight is 439 g/mol. The third kappa shape index (κ3) is 5.99. The lowest BCUT2D eigenvalue weighted by atomic mass is 10.1. The Hall–Kier alpha value is -3.52. The smallest absolute Gasteiger partial charge is 0.338 e. The van der Waals surface area contributed by atoms with Gasteiger partial charge in [-0.15, -0.1) is 11.3 Å². The van der Waals surface area contributed by atoms with E-state index in [9.17, 15) is 19.7 Å². The number of hydrogen-bond acceptors (Lipinski definition) is 6. The SMILES string of the molecule is CCOC(=O)c1cc(C(=O)N(CCc2ccccc2)Cc2cccs2)cc([N+](=O)[O-])c1. The average Bonchev–Trinajstić information content (AvgIpc) is 3.30. The van der Waals surface area contributed by atoms with Crippen LogP contribution in [-0.2, 0) is 17.7 Å². The molecule has 0 fully saturated rings. The fourth-order valence-electron chi connectivity index (χ4n) is 3.11.